The van der Waals surface area contributed by atoms with Crippen molar-refractivity contribution >= 4 is 23.3 Å². The minimum atomic E-state index is -0.474. The maximum atomic E-state index is 13.4. The summed E-state index contributed by atoms with van der Waals surface area (Å²) in [6, 6.07) is 16.8. The van der Waals surface area contributed by atoms with Crippen LogP contribution in [0.25, 0.3) is 0 Å². The molecule has 0 unspecified atom stereocenters. The van der Waals surface area contributed by atoms with Gasteiger partial charge in [-0.15, -0.1) is 0 Å². The highest BCUT2D eigenvalue weighted by Crippen LogP contribution is 2.35. The van der Waals surface area contributed by atoms with Gasteiger partial charge in [-0.2, -0.15) is 0 Å². The van der Waals surface area contributed by atoms with Gasteiger partial charge in [-0.1, -0.05) is 25.1 Å². The van der Waals surface area contributed by atoms with Gasteiger partial charge in [0.25, 0.3) is 0 Å². The average molecular weight is 489 g/mol. The van der Waals surface area contributed by atoms with E-state index < -0.39 is 11.5 Å². The first-order chi connectivity index (χ1) is 17.3. The second-order valence-corrected chi connectivity index (χ2v) is 8.53. The molecule has 36 heavy (non-hydrogen) atoms. The molecule has 2 N–H and O–H groups in total. The number of carbonyl (C=O) groups excluding carboxylic acids is 3. The lowest BCUT2D eigenvalue weighted by molar-refractivity contribution is -0.136. The number of methoxy groups -OCH3 is 1. The van der Waals surface area contributed by atoms with E-state index in [0.29, 0.717) is 36.4 Å². The number of hydrogen-bond donors (Lipinski definition) is 2. The van der Waals surface area contributed by atoms with Gasteiger partial charge < -0.3 is 24.7 Å². The van der Waals surface area contributed by atoms with Crippen LogP contribution in [0.15, 0.2) is 60.7 Å². The monoisotopic (exact) mass is 488 g/mol. The van der Waals surface area contributed by atoms with Crippen molar-refractivity contribution in [1.29, 1.82) is 0 Å². The lowest BCUT2D eigenvalue weighted by atomic mass is 9.89. The van der Waals surface area contributed by atoms with Crippen molar-refractivity contribution in [3.05, 3.63) is 82.9 Å². The summed E-state index contributed by atoms with van der Waals surface area (Å²) in [6.07, 6.45) is 0.110. The van der Waals surface area contributed by atoms with Crippen molar-refractivity contribution in [2.45, 2.75) is 19.8 Å². The standard InChI is InChI=1S/C28H28N2O6/c1-3-21-22(15-25(33)29-13-14-30(26(34)17-29)19-7-5-4-6-8-19)27(24(32)16-23(21)31)28(35)18-9-11-20(36-2)12-10-18/h4-12,16,31-32H,3,13-15,17H2,1-2H3. The Labute approximate surface area is 209 Å². The zero-order valence-corrected chi connectivity index (χ0v) is 20.2. The van der Waals surface area contributed by atoms with Gasteiger partial charge in [0.15, 0.2) is 5.78 Å². The first-order valence-electron chi connectivity index (χ1n) is 11.7. The van der Waals surface area contributed by atoms with E-state index in [4.69, 9.17) is 4.74 Å². The molecule has 0 radical (unpaired) electrons. The number of ether oxygens (including phenoxy) is 1. The third-order valence-corrected chi connectivity index (χ3v) is 6.41. The van der Waals surface area contributed by atoms with Crippen LogP contribution in [0, 0.1) is 0 Å². The van der Waals surface area contributed by atoms with Crippen LogP contribution >= 0.6 is 0 Å². The number of amides is 2. The number of hydrogen-bond acceptors (Lipinski definition) is 6. The largest absolute Gasteiger partial charge is 0.508 e. The summed E-state index contributed by atoms with van der Waals surface area (Å²) < 4.78 is 5.14. The molecule has 0 saturated carbocycles. The third kappa shape index (κ3) is 4.88. The molecule has 1 fully saturated rings. The predicted octanol–water partition coefficient (Wildman–Crippen LogP) is 3.32. The molecule has 0 spiro atoms. The van der Waals surface area contributed by atoms with Gasteiger partial charge in [0.05, 0.1) is 19.1 Å². The highest BCUT2D eigenvalue weighted by molar-refractivity contribution is 6.12. The van der Waals surface area contributed by atoms with E-state index in [9.17, 15) is 24.6 Å². The van der Waals surface area contributed by atoms with Gasteiger partial charge in [-0.25, -0.2) is 0 Å². The van der Waals surface area contributed by atoms with Crippen LogP contribution in [0.5, 0.6) is 17.2 Å². The second-order valence-electron chi connectivity index (χ2n) is 8.53. The van der Waals surface area contributed by atoms with Gasteiger partial charge in [0.2, 0.25) is 11.8 Å². The number of phenolic OH excluding ortho intramolecular Hbond substituents is 2. The molecule has 1 aliphatic rings. The Hall–Kier alpha value is -4.33. The van der Waals surface area contributed by atoms with Gasteiger partial charge in [-0.3, -0.25) is 14.4 Å². The maximum Gasteiger partial charge on any atom is 0.246 e. The molecule has 186 valence electrons. The molecule has 1 saturated heterocycles. The summed E-state index contributed by atoms with van der Waals surface area (Å²) in [6.45, 7) is 2.37. The summed E-state index contributed by atoms with van der Waals surface area (Å²) in [5, 5.41) is 21.1. The number of ketones is 1. The Bertz CT molecular complexity index is 1290. The van der Waals surface area contributed by atoms with E-state index in [2.05, 4.69) is 0 Å². The molecule has 0 atom stereocenters. The molecular formula is C28H28N2O6. The van der Waals surface area contributed by atoms with E-state index in [1.165, 1.54) is 12.0 Å². The summed E-state index contributed by atoms with van der Waals surface area (Å²) in [5.74, 6) is -1.06. The summed E-state index contributed by atoms with van der Waals surface area (Å²) in [7, 11) is 1.52. The minimum Gasteiger partial charge on any atom is -0.508 e. The van der Waals surface area contributed by atoms with Crippen LogP contribution in [0.4, 0.5) is 5.69 Å². The van der Waals surface area contributed by atoms with Gasteiger partial charge in [0.1, 0.15) is 23.8 Å². The van der Waals surface area contributed by atoms with E-state index in [-0.39, 0.29) is 41.7 Å². The van der Waals surface area contributed by atoms with Crippen molar-refractivity contribution in [3.63, 3.8) is 0 Å². The van der Waals surface area contributed by atoms with Crippen LogP contribution in [0.2, 0.25) is 0 Å². The second kappa shape index (κ2) is 10.5. The first-order valence-corrected chi connectivity index (χ1v) is 11.7. The fourth-order valence-corrected chi connectivity index (χ4v) is 4.51. The zero-order valence-electron chi connectivity index (χ0n) is 20.2. The fraction of sp³-hybridized carbons (Fsp3) is 0.250. The summed E-state index contributed by atoms with van der Waals surface area (Å²) in [4.78, 5) is 42.6. The SMILES string of the molecule is CCc1c(O)cc(O)c(C(=O)c2ccc(OC)cc2)c1CC(=O)N1CCN(c2ccccc2)C(=O)C1. The molecule has 1 aliphatic heterocycles. The number of rotatable bonds is 7. The average Bonchev–Trinajstić information content (AvgIpc) is 2.89. The highest BCUT2D eigenvalue weighted by Gasteiger charge is 2.31. The van der Waals surface area contributed by atoms with E-state index >= 15 is 0 Å². The number of carbonyl (C=O) groups is 3. The number of phenols is 2. The smallest absolute Gasteiger partial charge is 0.246 e. The van der Waals surface area contributed by atoms with E-state index in [0.717, 1.165) is 11.8 Å². The Morgan fingerprint density at radius 3 is 2.25 bits per heavy atom. The normalized spacial score (nSPS) is 13.6. The van der Waals surface area contributed by atoms with E-state index in [1.807, 2.05) is 30.3 Å². The molecule has 8 nitrogen and oxygen atoms in total. The van der Waals surface area contributed by atoms with Crippen molar-refractivity contribution in [2.75, 3.05) is 31.6 Å². The Kier molecular flexibility index (Phi) is 7.24. The number of aromatic hydroxyl groups is 2. The minimum absolute atomic E-state index is 0.0302. The van der Waals surface area contributed by atoms with Crippen molar-refractivity contribution in [2.24, 2.45) is 0 Å². The maximum absolute atomic E-state index is 13.4. The highest BCUT2D eigenvalue weighted by atomic mass is 16.5. The quantitative estimate of drug-likeness (QED) is 0.494. The van der Waals surface area contributed by atoms with Gasteiger partial charge in [-0.05, 0) is 53.9 Å². The predicted molar refractivity (Wildman–Crippen MR) is 135 cm³/mol. The molecule has 2 amide bonds. The van der Waals surface area contributed by atoms with Crippen LogP contribution in [-0.4, -0.2) is 59.5 Å². The lowest BCUT2D eigenvalue weighted by Crippen LogP contribution is -2.52. The Morgan fingerprint density at radius 2 is 1.64 bits per heavy atom. The molecule has 4 rings (SSSR count). The number of benzene rings is 3. The molecule has 3 aromatic carbocycles. The molecule has 8 heteroatoms. The fourth-order valence-electron chi connectivity index (χ4n) is 4.51. The molecule has 0 bridgehead atoms. The molecule has 3 aromatic rings. The van der Waals surface area contributed by atoms with Crippen LogP contribution in [0.1, 0.15) is 34.0 Å². The number of nitrogens with zero attached hydrogens (tertiary/aromatic N) is 2. The van der Waals surface area contributed by atoms with Crippen molar-refractivity contribution in [1.82, 2.24) is 4.90 Å². The molecule has 0 aromatic heterocycles. The lowest BCUT2D eigenvalue weighted by Gasteiger charge is -2.34. The molecule has 1 heterocycles. The molecular weight excluding hydrogens is 460 g/mol. The van der Waals surface area contributed by atoms with Crippen LogP contribution < -0.4 is 9.64 Å². The van der Waals surface area contributed by atoms with E-state index in [1.54, 1.807) is 36.1 Å². The van der Waals surface area contributed by atoms with Gasteiger partial charge in [0, 0.05) is 30.4 Å². The van der Waals surface area contributed by atoms with Gasteiger partial charge >= 0.3 is 0 Å². The topological polar surface area (TPSA) is 107 Å². The third-order valence-electron chi connectivity index (χ3n) is 6.41. The first kappa shape index (κ1) is 24.8. The van der Waals surface area contributed by atoms with Crippen molar-refractivity contribution in [3.8, 4) is 17.2 Å². The molecule has 0 aliphatic carbocycles. The Morgan fingerprint density at radius 1 is 0.944 bits per heavy atom. The summed E-state index contributed by atoms with van der Waals surface area (Å²) in [5.41, 5.74) is 1.72. The number of piperazine rings is 1. The van der Waals surface area contributed by atoms with Crippen molar-refractivity contribution < 1.29 is 29.3 Å². The van der Waals surface area contributed by atoms with Crippen LogP contribution in [0.3, 0.4) is 0 Å². The number of anilines is 1. The Balaban J connectivity index is 1.61. The summed E-state index contributed by atoms with van der Waals surface area (Å²) >= 11 is 0. The number of para-hydroxylation sites is 1. The van der Waals surface area contributed by atoms with Crippen LogP contribution in [-0.2, 0) is 22.4 Å². The zero-order chi connectivity index (χ0) is 25.8.